The van der Waals surface area contributed by atoms with Gasteiger partial charge in [0.05, 0.1) is 26.4 Å². The molecule has 1 amide bonds. The molecule has 5 nitrogen and oxygen atoms in total. The van der Waals surface area contributed by atoms with Crippen LogP contribution in [0.3, 0.4) is 0 Å². The number of nitrogens with zero attached hydrogens (tertiary/aromatic N) is 1. The molecule has 2 fully saturated rings. The number of nitrogens with one attached hydrogen (secondary N) is 1. The number of morpholine rings is 2. The Hall–Kier alpha value is -1.57. The van der Waals surface area contributed by atoms with Gasteiger partial charge in [0.25, 0.3) is 0 Å². The van der Waals surface area contributed by atoms with Crippen LogP contribution in [-0.4, -0.2) is 56.3 Å². The lowest BCUT2D eigenvalue weighted by molar-refractivity contribution is -0.140. The summed E-state index contributed by atoms with van der Waals surface area (Å²) in [5.74, 6) is -1.78. The van der Waals surface area contributed by atoms with Gasteiger partial charge in [0.15, 0.2) is 11.6 Å². The molecule has 2 saturated heterocycles. The van der Waals surface area contributed by atoms with Crippen molar-refractivity contribution in [2.24, 2.45) is 0 Å². The second-order valence-electron chi connectivity index (χ2n) is 5.80. The first-order valence-electron chi connectivity index (χ1n) is 7.79. The van der Waals surface area contributed by atoms with Crippen molar-refractivity contribution in [2.45, 2.75) is 18.6 Å². The zero-order valence-electron chi connectivity index (χ0n) is 12.8. The number of ether oxygens (including phenoxy) is 2. The number of halogens is 2. The lowest BCUT2D eigenvalue weighted by atomic mass is 10.1. The third kappa shape index (κ3) is 4.04. The van der Waals surface area contributed by atoms with E-state index in [1.54, 1.807) is 4.90 Å². The minimum atomic E-state index is -0.905. The van der Waals surface area contributed by atoms with E-state index in [2.05, 4.69) is 5.32 Å². The molecule has 7 heteroatoms. The summed E-state index contributed by atoms with van der Waals surface area (Å²) in [6, 6.07) is 3.73. The zero-order valence-corrected chi connectivity index (χ0v) is 12.8. The highest BCUT2D eigenvalue weighted by Crippen LogP contribution is 2.24. The molecule has 0 spiro atoms. The van der Waals surface area contributed by atoms with Gasteiger partial charge in [0.2, 0.25) is 5.91 Å². The van der Waals surface area contributed by atoms with Crippen LogP contribution in [0.15, 0.2) is 18.2 Å². The van der Waals surface area contributed by atoms with Gasteiger partial charge in [-0.1, -0.05) is 6.07 Å². The van der Waals surface area contributed by atoms with Crippen LogP contribution >= 0.6 is 0 Å². The standard InChI is InChI=1S/C16H20F2N2O3/c17-13-2-1-11(7-14(13)18)15-9-20(4-6-23-15)16(21)8-12-10-22-5-3-19-12/h1-2,7,12,15,19H,3-6,8-10H2. The van der Waals surface area contributed by atoms with E-state index in [-0.39, 0.29) is 11.9 Å². The first-order valence-corrected chi connectivity index (χ1v) is 7.79. The molecular formula is C16H20F2N2O3. The third-order valence-corrected chi connectivity index (χ3v) is 4.15. The number of amides is 1. The Bertz CT molecular complexity index is 564. The normalized spacial score (nSPS) is 25.4. The van der Waals surface area contributed by atoms with E-state index >= 15 is 0 Å². The van der Waals surface area contributed by atoms with Crippen LogP contribution in [0.2, 0.25) is 0 Å². The summed E-state index contributed by atoms with van der Waals surface area (Å²) >= 11 is 0. The Balaban J connectivity index is 1.60. The lowest BCUT2D eigenvalue weighted by Gasteiger charge is -2.34. The quantitative estimate of drug-likeness (QED) is 0.908. The van der Waals surface area contributed by atoms with E-state index in [9.17, 15) is 13.6 Å². The van der Waals surface area contributed by atoms with Crippen molar-refractivity contribution in [1.82, 2.24) is 10.2 Å². The highest BCUT2D eigenvalue weighted by molar-refractivity contribution is 5.77. The highest BCUT2D eigenvalue weighted by atomic mass is 19.2. The Morgan fingerprint density at radius 3 is 2.91 bits per heavy atom. The predicted molar refractivity (Wildman–Crippen MR) is 78.9 cm³/mol. The molecule has 0 aromatic heterocycles. The Morgan fingerprint density at radius 1 is 1.30 bits per heavy atom. The van der Waals surface area contributed by atoms with Crippen molar-refractivity contribution in [3.05, 3.63) is 35.4 Å². The smallest absolute Gasteiger partial charge is 0.224 e. The van der Waals surface area contributed by atoms with Gasteiger partial charge < -0.3 is 19.7 Å². The Morgan fingerprint density at radius 2 is 2.17 bits per heavy atom. The zero-order chi connectivity index (χ0) is 16.2. The lowest BCUT2D eigenvalue weighted by Crippen LogP contribution is -2.48. The molecule has 0 aliphatic carbocycles. The number of hydrogen-bond donors (Lipinski definition) is 1. The van der Waals surface area contributed by atoms with Crippen LogP contribution in [-0.2, 0) is 14.3 Å². The summed E-state index contributed by atoms with van der Waals surface area (Å²) in [7, 11) is 0. The van der Waals surface area contributed by atoms with Gasteiger partial charge in [-0.15, -0.1) is 0 Å². The van der Waals surface area contributed by atoms with E-state index in [0.717, 1.165) is 18.7 Å². The van der Waals surface area contributed by atoms with Gasteiger partial charge in [-0.25, -0.2) is 8.78 Å². The summed E-state index contributed by atoms with van der Waals surface area (Å²) in [4.78, 5) is 14.1. The predicted octanol–water partition coefficient (Wildman–Crippen LogP) is 1.24. The van der Waals surface area contributed by atoms with E-state index in [1.807, 2.05) is 0 Å². The third-order valence-electron chi connectivity index (χ3n) is 4.15. The van der Waals surface area contributed by atoms with E-state index in [1.165, 1.54) is 6.07 Å². The second kappa shape index (κ2) is 7.33. The summed E-state index contributed by atoms with van der Waals surface area (Å²) in [5.41, 5.74) is 0.542. The fraction of sp³-hybridized carbons (Fsp3) is 0.562. The summed E-state index contributed by atoms with van der Waals surface area (Å²) in [6.45, 7) is 3.18. The Kier molecular flexibility index (Phi) is 5.20. The molecule has 0 bridgehead atoms. The van der Waals surface area contributed by atoms with Gasteiger partial charge in [-0.2, -0.15) is 0 Å². The van der Waals surface area contributed by atoms with E-state index < -0.39 is 17.7 Å². The molecule has 2 atom stereocenters. The van der Waals surface area contributed by atoms with Crippen LogP contribution in [0.5, 0.6) is 0 Å². The molecule has 0 radical (unpaired) electrons. The minimum absolute atomic E-state index is 0.0175. The maximum absolute atomic E-state index is 13.4. The van der Waals surface area contributed by atoms with Gasteiger partial charge in [0, 0.05) is 25.6 Å². The summed E-state index contributed by atoms with van der Waals surface area (Å²) in [5, 5.41) is 3.25. The SMILES string of the molecule is O=C(CC1COCCN1)N1CCOC(c2ccc(F)c(F)c2)C1. The van der Waals surface area contributed by atoms with E-state index in [4.69, 9.17) is 9.47 Å². The van der Waals surface area contributed by atoms with Gasteiger partial charge in [-0.3, -0.25) is 4.79 Å². The van der Waals surface area contributed by atoms with Gasteiger partial charge >= 0.3 is 0 Å². The van der Waals surface area contributed by atoms with Gasteiger partial charge in [-0.05, 0) is 17.7 Å². The Labute approximate surface area is 133 Å². The fourth-order valence-electron chi connectivity index (χ4n) is 2.88. The molecule has 2 heterocycles. The van der Waals surface area contributed by atoms with Crippen molar-refractivity contribution in [3.63, 3.8) is 0 Å². The summed E-state index contributed by atoms with van der Waals surface area (Å²) in [6.07, 6.45) is -0.0665. The molecule has 23 heavy (non-hydrogen) atoms. The van der Waals surface area contributed by atoms with Crippen LogP contribution < -0.4 is 5.32 Å². The van der Waals surface area contributed by atoms with Crippen molar-refractivity contribution in [2.75, 3.05) is 39.5 Å². The first-order chi connectivity index (χ1) is 11.1. The maximum atomic E-state index is 13.4. The van der Waals surface area contributed by atoms with Crippen molar-refractivity contribution < 1.29 is 23.0 Å². The fourth-order valence-corrected chi connectivity index (χ4v) is 2.88. The molecule has 0 saturated carbocycles. The number of benzene rings is 1. The number of carbonyl (C=O) groups is 1. The molecule has 2 aliphatic rings. The second-order valence-corrected chi connectivity index (χ2v) is 5.80. The van der Waals surface area contributed by atoms with Gasteiger partial charge in [0.1, 0.15) is 6.10 Å². The van der Waals surface area contributed by atoms with Crippen LogP contribution in [0.4, 0.5) is 8.78 Å². The number of carbonyl (C=O) groups excluding carboxylic acids is 1. The topological polar surface area (TPSA) is 50.8 Å². The monoisotopic (exact) mass is 326 g/mol. The van der Waals surface area contributed by atoms with Crippen molar-refractivity contribution >= 4 is 5.91 Å². The van der Waals surface area contributed by atoms with Crippen molar-refractivity contribution in [3.8, 4) is 0 Å². The molecule has 2 unspecified atom stereocenters. The van der Waals surface area contributed by atoms with Crippen molar-refractivity contribution in [1.29, 1.82) is 0 Å². The molecule has 1 aromatic carbocycles. The number of hydrogen-bond acceptors (Lipinski definition) is 4. The van der Waals surface area contributed by atoms with Crippen LogP contribution in [0.1, 0.15) is 18.1 Å². The highest BCUT2D eigenvalue weighted by Gasteiger charge is 2.28. The molecule has 1 N–H and O–H groups in total. The minimum Gasteiger partial charge on any atom is -0.378 e. The number of rotatable bonds is 3. The molecular weight excluding hydrogens is 306 g/mol. The summed E-state index contributed by atoms with van der Waals surface area (Å²) < 4.78 is 37.4. The van der Waals surface area contributed by atoms with Crippen LogP contribution in [0, 0.1) is 11.6 Å². The van der Waals surface area contributed by atoms with Crippen LogP contribution in [0.25, 0.3) is 0 Å². The van der Waals surface area contributed by atoms with E-state index in [0.29, 0.717) is 44.9 Å². The maximum Gasteiger partial charge on any atom is 0.224 e. The molecule has 126 valence electrons. The average Bonchev–Trinajstić information content (AvgIpc) is 2.58. The first kappa shape index (κ1) is 16.3. The largest absolute Gasteiger partial charge is 0.378 e. The molecule has 3 rings (SSSR count). The average molecular weight is 326 g/mol. The molecule has 2 aliphatic heterocycles. The molecule has 1 aromatic rings.